The molecule has 1 fully saturated rings. The second kappa shape index (κ2) is 4.12. The van der Waals surface area contributed by atoms with Crippen molar-refractivity contribution in [3.8, 4) is 0 Å². The Kier molecular flexibility index (Phi) is 3.34. The van der Waals surface area contributed by atoms with Gasteiger partial charge in [0.1, 0.15) is 6.10 Å². The van der Waals surface area contributed by atoms with Gasteiger partial charge in [0.25, 0.3) is 0 Å². The molecule has 1 heterocycles. The molecule has 1 aliphatic heterocycles. The number of hydrogen-bond donors (Lipinski definition) is 0. The molecule has 0 spiro atoms. The quantitative estimate of drug-likeness (QED) is 0.628. The van der Waals surface area contributed by atoms with Crippen LogP contribution in [0.4, 0.5) is 0 Å². The maximum absolute atomic E-state index is 10.9. The Labute approximate surface area is 80.7 Å². The zero-order valence-electron chi connectivity index (χ0n) is 8.93. The number of carbonyl (C=O) groups is 1. The number of rotatable bonds is 4. The molecule has 13 heavy (non-hydrogen) atoms. The number of ether oxygens (including phenoxy) is 1. The number of carbonyl (C=O) groups excluding carboxylic acids is 1. The van der Waals surface area contributed by atoms with Crippen LogP contribution in [0, 0.1) is 5.41 Å². The van der Waals surface area contributed by atoms with E-state index in [9.17, 15) is 4.79 Å². The van der Waals surface area contributed by atoms with E-state index in [1.54, 1.807) is 0 Å². The average molecular weight is 184 g/mol. The van der Waals surface area contributed by atoms with Gasteiger partial charge in [0, 0.05) is 6.42 Å². The molecule has 0 aromatic carbocycles. The van der Waals surface area contributed by atoms with Crippen LogP contribution in [-0.2, 0) is 9.53 Å². The van der Waals surface area contributed by atoms with Crippen molar-refractivity contribution in [1.82, 2.24) is 0 Å². The van der Waals surface area contributed by atoms with E-state index in [2.05, 4.69) is 20.8 Å². The second-order valence-electron chi connectivity index (χ2n) is 4.77. The molecular weight excluding hydrogens is 164 g/mol. The van der Waals surface area contributed by atoms with Crippen LogP contribution >= 0.6 is 0 Å². The van der Waals surface area contributed by atoms with E-state index in [1.807, 2.05) is 0 Å². The molecule has 0 bridgehead atoms. The lowest BCUT2D eigenvalue weighted by atomic mass is 9.82. The van der Waals surface area contributed by atoms with Gasteiger partial charge in [-0.1, -0.05) is 27.2 Å². The van der Waals surface area contributed by atoms with Crippen molar-refractivity contribution in [1.29, 1.82) is 0 Å². The highest BCUT2D eigenvalue weighted by Gasteiger charge is 2.29. The molecule has 0 radical (unpaired) electrons. The van der Waals surface area contributed by atoms with Gasteiger partial charge in [0.05, 0.1) is 0 Å². The molecule has 1 rings (SSSR count). The van der Waals surface area contributed by atoms with E-state index in [0.717, 1.165) is 12.8 Å². The van der Waals surface area contributed by atoms with E-state index < -0.39 is 0 Å². The Morgan fingerprint density at radius 1 is 1.54 bits per heavy atom. The van der Waals surface area contributed by atoms with Crippen LogP contribution in [0.3, 0.4) is 0 Å². The van der Waals surface area contributed by atoms with Gasteiger partial charge in [0.15, 0.2) is 0 Å². The van der Waals surface area contributed by atoms with Gasteiger partial charge in [-0.3, -0.25) is 4.79 Å². The summed E-state index contributed by atoms with van der Waals surface area (Å²) in [4.78, 5) is 10.9. The molecule has 0 saturated carbocycles. The summed E-state index contributed by atoms with van der Waals surface area (Å²) in [5.41, 5.74) is 0.323. The summed E-state index contributed by atoms with van der Waals surface area (Å²) >= 11 is 0. The van der Waals surface area contributed by atoms with Crippen LogP contribution in [0.5, 0.6) is 0 Å². The van der Waals surface area contributed by atoms with Gasteiger partial charge >= 0.3 is 5.97 Å². The highest BCUT2D eigenvalue weighted by atomic mass is 16.5. The van der Waals surface area contributed by atoms with Gasteiger partial charge < -0.3 is 4.74 Å². The summed E-state index contributed by atoms with van der Waals surface area (Å²) in [6, 6.07) is 0. The molecular formula is C11H20O2. The molecule has 76 valence electrons. The van der Waals surface area contributed by atoms with Crippen LogP contribution in [-0.4, -0.2) is 12.1 Å². The normalized spacial score (nSPS) is 23.3. The Morgan fingerprint density at radius 3 is 2.69 bits per heavy atom. The summed E-state index contributed by atoms with van der Waals surface area (Å²) in [6.07, 6.45) is 5.16. The van der Waals surface area contributed by atoms with Gasteiger partial charge in [-0.05, 0) is 24.7 Å². The number of cyclic esters (lactones) is 1. The second-order valence-corrected chi connectivity index (χ2v) is 4.77. The van der Waals surface area contributed by atoms with Crippen molar-refractivity contribution >= 4 is 5.97 Å². The first kappa shape index (κ1) is 10.6. The minimum absolute atomic E-state index is 0.0164. The first-order valence-corrected chi connectivity index (χ1v) is 5.23. The molecule has 1 saturated heterocycles. The van der Waals surface area contributed by atoms with Crippen molar-refractivity contribution < 1.29 is 9.53 Å². The van der Waals surface area contributed by atoms with Gasteiger partial charge in [0.2, 0.25) is 0 Å². The predicted molar refractivity (Wildman–Crippen MR) is 52.4 cm³/mol. The minimum Gasteiger partial charge on any atom is -0.462 e. The molecule has 0 N–H and O–H groups in total. The molecule has 2 heteroatoms. The zero-order chi connectivity index (χ0) is 9.90. The fourth-order valence-corrected chi connectivity index (χ4v) is 2.12. The standard InChI is InChI=1S/C11H20O2/c1-4-7-11(2,3)8-9-5-6-10(12)13-9/h9H,4-8H2,1-3H3. The average Bonchev–Trinajstić information content (AvgIpc) is 2.34. The molecule has 1 unspecified atom stereocenters. The van der Waals surface area contributed by atoms with Crippen LogP contribution < -0.4 is 0 Å². The third-order valence-corrected chi connectivity index (χ3v) is 2.68. The first-order valence-electron chi connectivity index (χ1n) is 5.23. The zero-order valence-corrected chi connectivity index (χ0v) is 8.93. The maximum Gasteiger partial charge on any atom is 0.306 e. The van der Waals surface area contributed by atoms with Crippen molar-refractivity contribution in [2.75, 3.05) is 0 Å². The SMILES string of the molecule is CCCC(C)(C)CC1CCC(=O)O1. The minimum atomic E-state index is -0.0164. The van der Waals surface area contributed by atoms with Crippen LogP contribution in [0.15, 0.2) is 0 Å². The Bertz CT molecular complexity index is 185. The molecule has 2 nitrogen and oxygen atoms in total. The maximum atomic E-state index is 10.9. The summed E-state index contributed by atoms with van der Waals surface area (Å²) in [5, 5.41) is 0. The third-order valence-electron chi connectivity index (χ3n) is 2.68. The van der Waals surface area contributed by atoms with Crippen LogP contribution in [0.25, 0.3) is 0 Å². The summed E-state index contributed by atoms with van der Waals surface area (Å²) in [7, 11) is 0. The lowest BCUT2D eigenvalue weighted by Crippen LogP contribution is -2.20. The third kappa shape index (κ3) is 3.37. The highest BCUT2D eigenvalue weighted by molar-refractivity contribution is 5.71. The molecule has 0 aromatic heterocycles. The van der Waals surface area contributed by atoms with Crippen LogP contribution in [0.1, 0.15) is 52.9 Å². The molecule has 0 aliphatic carbocycles. The van der Waals surface area contributed by atoms with E-state index in [4.69, 9.17) is 4.74 Å². The lowest BCUT2D eigenvalue weighted by molar-refractivity contribution is -0.142. The largest absolute Gasteiger partial charge is 0.462 e. The Balaban J connectivity index is 2.35. The van der Waals surface area contributed by atoms with E-state index in [0.29, 0.717) is 11.8 Å². The molecule has 1 atom stereocenters. The highest BCUT2D eigenvalue weighted by Crippen LogP contribution is 2.32. The Hall–Kier alpha value is -0.530. The van der Waals surface area contributed by atoms with Crippen molar-refractivity contribution in [3.05, 3.63) is 0 Å². The van der Waals surface area contributed by atoms with Crippen molar-refractivity contribution in [3.63, 3.8) is 0 Å². The smallest absolute Gasteiger partial charge is 0.306 e. The molecule has 1 aliphatic rings. The van der Waals surface area contributed by atoms with Crippen molar-refractivity contribution in [2.45, 2.75) is 59.0 Å². The molecule has 0 amide bonds. The van der Waals surface area contributed by atoms with Gasteiger partial charge in [-0.25, -0.2) is 0 Å². The summed E-state index contributed by atoms with van der Waals surface area (Å²) in [6.45, 7) is 6.70. The first-order chi connectivity index (χ1) is 6.03. The van der Waals surface area contributed by atoms with E-state index >= 15 is 0 Å². The van der Waals surface area contributed by atoms with Gasteiger partial charge in [-0.2, -0.15) is 0 Å². The Morgan fingerprint density at radius 2 is 2.23 bits per heavy atom. The fourth-order valence-electron chi connectivity index (χ4n) is 2.12. The fraction of sp³-hybridized carbons (Fsp3) is 0.909. The summed E-state index contributed by atoms with van der Waals surface area (Å²) < 4.78 is 5.20. The monoisotopic (exact) mass is 184 g/mol. The predicted octanol–water partition coefficient (Wildman–Crippen LogP) is 2.91. The van der Waals surface area contributed by atoms with Gasteiger partial charge in [-0.15, -0.1) is 0 Å². The van der Waals surface area contributed by atoms with E-state index in [1.165, 1.54) is 12.8 Å². The number of hydrogen-bond acceptors (Lipinski definition) is 2. The molecule has 0 aromatic rings. The van der Waals surface area contributed by atoms with Crippen LogP contribution in [0.2, 0.25) is 0 Å². The topological polar surface area (TPSA) is 26.3 Å². The van der Waals surface area contributed by atoms with E-state index in [-0.39, 0.29) is 12.1 Å². The van der Waals surface area contributed by atoms with Crippen molar-refractivity contribution in [2.24, 2.45) is 5.41 Å². The number of esters is 1. The lowest BCUT2D eigenvalue weighted by Gasteiger charge is -2.26. The summed E-state index contributed by atoms with van der Waals surface area (Å²) in [5.74, 6) is -0.0164.